The van der Waals surface area contributed by atoms with Gasteiger partial charge in [-0.15, -0.1) is 0 Å². The molecule has 0 aliphatic rings. The lowest BCUT2D eigenvalue weighted by molar-refractivity contribution is -0.887. The van der Waals surface area contributed by atoms with Crippen molar-refractivity contribution in [3.63, 3.8) is 0 Å². The third-order valence-corrected chi connectivity index (χ3v) is 11.0. The van der Waals surface area contributed by atoms with Gasteiger partial charge in [0.2, 0.25) is 0 Å². The van der Waals surface area contributed by atoms with Gasteiger partial charge >= 0.3 is 17.9 Å². The van der Waals surface area contributed by atoms with Crippen molar-refractivity contribution >= 4 is 17.9 Å². The molecular formula is C47H92NO7+. The molecule has 0 heterocycles. The van der Waals surface area contributed by atoms with Gasteiger partial charge in [-0.3, -0.25) is 9.59 Å². The maximum Gasteiger partial charge on any atom is 0.362 e. The van der Waals surface area contributed by atoms with Gasteiger partial charge in [0.15, 0.2) is 12.1 Å². The van der Waals surface area contributed by atoms with Crippen LogP contribution in [0.15, 0.2) is 0 Å². The van der Waals surface area contributed by atoms with Crippen LogP contribution in [0.3, 0.4) is 0 Å². The fourth-order valence-corrected chi connectivity index (χ4v) is 7.33. The highest BCUT2D eigenvalue weighted by atomic mass is 16.6. The summed E-state index contributed by atoms with van der Waals surface area (Å²) in [7, 11) is 5.54. The Bertz CT molecular complexity index is 874. The summed E-state index contributed by atoms with van der Waals surface area (Å²) in [5.41, 5.74) is 0. The molecule has 1 N–H and O–H groups in total. The molecule has 0 aromatic heterocycles. The number of unbranched alkanes of at least 4 members (excludes halogenated alkanes) is 29. The van der Waals surface area contributed by atoms with Crippen LogP contribution >= 0.6 is 0 Å². The molecule has 0 radical (unpaired) electrons. The highest BCUT2D eigenvalue weighted by Crippen LogP contribution is 2.16. The minimum absolute atomic E-state index is 0.0419. The summed E-state index contributed by atoms with van der Waals surface area (Å²) < 4.78 is 17.3. The standard InChI is InChI=1S/C47H91NO7/c1-6-8-10-12-14-16-18-20-21-22-23-24-25-26-28-30-32-34-36-38-46(50)55-43(41-53-40-39-44(47(51)52)48(3,4)5)42-54-45(49)37-35-33-31-29-27-19-17-15-13-11-9-7-2/h43-44H,6-42H2,1-5H3/p+1. The van der Waals surface area contributed by atoms with Gasteiger partial charge in [-0.1, -0.05) is 200 Å². The second-order valence-electron chi connectivity index (χ2n) is 17.4. The number of hydrogen-bond acceptors (Lipinski definition) is 6. The summed E-state index contributed by atoms with van der Waals surface area (Å²) in [4.78, 5) is 37.0. The molecule has 0 aromatic carbocycles. The van der Waals surface area contributed by atoms with E-state index in [1.54, 1.807) is 0 Å². The molecule has 0 rings (SSSR count). The van der Waals surface area contributed by atoms with Gasteiger partial charge in [0.1, 0.15) is 6.61 Å². The molecule has 0 aromatic rings. The first-order valence-corrected chi connectivity index (χ1v) is 23.6. The van der Waals surface area contributed by atoms with E-state index in [0.29, 0.717) is 19.3 Å². The van der Waals surface area contributed by atoms with Crippen molar-refractivity contribution < 1.29 is 38.2 Å². The average molecular weight is 783 g/mol. The predicted molar refractivity (Wildman–Crippen MR) is 229 cm³/mol. The van der Waals surface area contributed by atoms with Crippen LogP contribution in [-0.2, 0) is 28.6 Å². The Morgan fingerprint density at radius 1 is 0.473 bits per heavy atom. The minimum atomic E-state index is -0.870. The summed E-state index contributed by atoms with van der Waals surface area (Å²) in [6.07, 6.45) is 40.0. The van der Waals surface area contributed by atoms with Crippen molar-refractivity contribution in [2.45, 2.75) is 244 Å². The zero-order valence-electron chi connectivity index (χ0n) is 37.2. The highest BCUT2D eigenvalue weighted by Gasteiger charge is 2.31. The molecule has 0 fully saturated rings. The Morgan fingerprint density at radius 2 is 0.800 bits per heavy atom. The molecule has 2 unspecified atom stereocenters. The number of carbonyl (C=O) groups excluding carboxylic acids is 2. The first-order valence-electron chi connectivity index (χ1n) is 23.6. The van der Waals surface area contributed by atoms with Gasteiger partial charge in [-0.25, -0.2) is 4.79 Å². The second-order valence-corrected chi connectivity index (χ2v) is 17.4. The van der Waals surface area contributed by atoms with E-state index in [1.807, 2.05) is 21.1 Å². The number of esters is 2. The van der Waals surface area contributed by atoms with Gasteiger partial charge in [0.25, 0.3) is 0 Å². The number of aliphatic carboxylic acids is 1. The summed E-state index contributed by atoms with van der Waals surface area (Å²) in [5.74, 6) is -1.44. The quantitative estimate of drug-likeness (QED) is 0.0373. The number of likely N-dealkylation sites (N-methyl/N-ethyl adjacent to an activating group) is 1. The van der Waals surface area contributed by atoms with E-state index in [2.05, 4.69) is 13.8 Å². The number of nitrogens with zero attached hydrogens (tertiary/aromatic N) is 1. The number of carboxylic acids is 1. The van der Waals surface area contributed by atoms with E-state index < -0.39 is 18.1 Å². The topological polar surface area (TPSA) is 99.1 Å². The van der Waals surface area contributed by atoms with Crippen molar-refractivity contribution in [1.82, 2.24) is 0 Å². The SMILES string of the molecule is CCCCCCCCCCCCCCCCCCCCCC(=O)OC(COCCC(C(=O)O)[N+](C)(C)C)COC(=O)CCCCCCCCCCCCCC. The van der Waals surface area contributed by atoms with Crippen molar-refractivity contribution in [2.24, 2.45) is 0 Å². The second kappa shape index (κ2) is 39.2. The zero-order valence-corrected chi connectivity index (χ0v) is 37.2. The molecule has 55 heavy (non-hydrogen) atoms. The van der Waals surface area contributed by atoms with E-state index in [-0.39, 0.29) is 36.2 Å². The molecule has 0 aliphatic carbocycles. The lowest BCUT2D eigenvalue weighted by Crippen LogP contribution is -2.50. The summed E-state index contributed by atoms with van der Waals surface area (Å²) in [6.45, 7) is 4.78. The minimum Gasteiger partial charge on any atom is -0.477 e. The van der Waals surface area contributed by atoms with E-state index in [0.717, 1.165) is 38.5 Å². The van der Waals surface area contributed by atoms with E-state index in [9.17, 15) is 19.5 Å². The smallest absolute Gasteiger partial charge is 0.362 e. The fraction of sp³-hybridized carbons (Fsp3) is 0.936. The molecule has 0 amide bonds. The Balaban J connectivity index is 4.22. The molecule has 8 heteroatoms. The van der Waals surface area contributed by atoms with Gasteiger partial charge < -0.3 is 23.8 Å². The van der Waals surface area contributed by atoms with Gasteiger partial charge in [-0.05, 0) is 12.8 Å². The maximum absolute atomic E-state index is 12.7. The van der Waals surface area contributed by atoms with Crippen LogP contribution in [0.2, 0.25) is 0 Å². The number of carboxylic acid groups (broad SMARTS) is 1. The highest BCUT2D eigenvalue weighted by molar-refractivity contribution is 5.72. The Hall–Kier alpha value is -1.67. The Labute approximate surface area is 340 Å². The van der Waals surface area contributed by atoms with E-state index >= 15 is 0 Å². The molecule has 0 bridgehead atoms. The third-order valence-electron chi connectivity index (χ3n) is 11.0. The lowest BCUT2D eigenvalue weighted by atomic mass is 10.0. The molecule has 8 nitrogen and oxygen atoms in total. The lowest BCUT2D eigenvalue weighted by Gasteiger charge is -2.31. The van der Waals surface area contributed by atoms with Gasteiger partial charge in [0.05, 0.1) is 34.4 Å². The van der Waals surface area contributed by atoms with Crippen LogP contribution in [0.1, 0.15) is 232 Å². The molecule has 0 aliphatic heterocycles. The first kappa shape index (κ1) is 53.3. The number of rotatable bonds is 43. The van der Waals surface area contributed by atoms with Gasteiger partial charge in [-0.2, -0.15) is 0 Å². The van der Waals surface area contributed by atoms with Crippen molar-refractivity contribution in [1.29, 1.82) is 0 Å². The monoisotopic (exact) mass is 783 g/mol. The van der Waals surface area contributed by atoms with E-state index in [4.69, 9.17) is 14.2 Å². The number of carbonyl (C=O) groups is 3. The summed E-state index contributed by atoms with van der Waals surface area (Å²) in [5, 5.41) is 9.62. The molecule has 326 valence electrons. The molecule has 0 saturated heterocycles. The fourth-order valence-electron chi connectivity index (χ4n) is 7.33. The summed E-state index contributed by atoms with van der Waals surface area (Å²) >= 11 is 0. The van der Waals surface area contributed by atoms with E-state index in [1.165, 1.54) is 161 Å². The van der Waals surface area contributed by atoms with Gasteiger partial charge in [0, 0.05) is 19.3 Å². The number of quaternary nitrogens is 1. The first-order chi connectivity index (χ1) is 26.6. The van der Waals surface area contributed by atoms with Crippen molar-refractivity contribution in [3.05, 3.63) is 0 Å². The molecule has 2 atom stereocenters. The Kier molecular flexibility index (Phi) is 38.0. The molecular weight excluding hydrogens is 691 g/mol. The zero-order chi connectivity index (χ0) is 40.7. The van der Waals surface area contributed by atoms with Crippen LogP contribution in [0, 0.1) is 0 Å². The third kappa shape index (κ3) is 37.7. The van der Waals surface area contributed by atoms with Crippen LogP contribution in [0.5, 0.6) is 0 Å². The largest absolute Gasteiger partial charge is 0.477 e. The average Bonchev–Trinajstić information content (AvgIpc) is 3.14. The van der Waals surface area contributed by atoms with Crippen molar-refractivity contribution in [2.75, 3.05) is 41.0 Å². The van der Waals surface area contributed by atoms with Crippen LogP contribution in [0.25, 0.3) is 0 Å². The number of hydrogen-bond donors (Lipinski definition) is 1. The molecule has 0 spiro atoms. The van der Waals surface area contributed by atoms with Crippen molar-refractivity contribution in [3.8, 4) is 0 Å². The van der Waals surface area contributed by atoms with Crippen LogP contribution < -0.4 is 0 Å². The number of ether oxygens (including phenoxy) is 3. The van der Waals surface area contributed by atoms with Crippen LogP contribution in [-0.4, -0.2) is 80.6 Å². The molecule has 0 saturated carbocycles. The van der Waals surface area contributed by atoms with Crippen LogP contribution in [0.4, 0.5) is 0 Å². The normalized spacial score (nSPS) is 12.8. The maximum atomic E-state index is 12.7. The Morgan fingerprint density at radius 3 is 1.13 bits per heavy atom. The predicted octanol–water partition coefficient (Wildman–Crippen LogP) is 12.9. The summed E-state index contributed by atoms with van der Waals surface area (Å²) in [6, 6.07) is -0.608.